The van der Waals surface area contributed by atoms with Gasteiger partial charge in [0.15, 0.2) is 0 Å². The van der Waals surface area contributed by atoms with E-state index >= 15 is 0 Å². The maximum Gasteiger partial charge on any atom is 0.285 e. The summed E-state index contributed by atoms with van der Waals surface area (Å²) >= 11 is 4.64. The van der Waals surface area contributed by atoms with Crippen LogP contribution in [0.4, 0.5) is 0 Å². The zero-order chi connectivity index (χ0) is 38.1. The second-order valence-electron chi connectivity index (χ2n) is 13.6. The van der Waals surface area contributed by atoms with Gasteiger partial charge in [-0.3, -0.25) is 28.9 Å². The molecular weight excluding hydrogens is 914 g/mol. The smallest absolute Gasteiger partial charge is 0.285 e. The van der Waals surface area contributed by atoms with Gasteiger partial charge in [-0.05, 0) is 107 Å². The van der Waals surface area contributed by atoms with Gasteiger partial charge in [-0.2, -0.15) is 0 Å². The summed E-state index contributed by atoms with van der Waals surface area (Å²) in [6, 6.07) is 17.8. The second kappa shape index (κ2) is 22.5. The fourth-order valence-electron chi connectivity index (χ4n) is 6.51. The molecule has 0 saturated heterocycles. The molecule has 0 radical (unpaired) electrons. The van der Waals surface area contributed by atoms with E-state index in [4.69, 9.17) is 19.1 Å². The molecule has 3 aromatic rings. The molecule has 0 aromatic heterocycles. The Kier molecular flexibility index (Phi) is 17.5. The predicted octanol–water partition coefficient (Wildman–Crippen LogP) is 10.4. The number of amides is 4. The lowest BCUT2D eigenvalue weighted by Crippen LogP contribution is -2.30. The largest absolute Gasteiger partial charge is 0.492 e. The number of carbonyl (C=O) groups excluding carboxylic acids is 4. The third kappa shape index (κ3) is 12.0. The number of nitrogens with zero attached hydrogens (tertiary/aromatic N) is 2. The lowest BCUT2D eigenvalue weighted by Gasteiger charge is -2.13. The second-order valence-corrected chi connectivity index (χ2v) is 16.0. The summed E-state index contributed by atoms with van der Waals surface area (Å²) < 4.78 is 14.3. The Morgan fingerprint density at radius 1 is 0.389 bits per heavy atom. The van der Waals surface area contributed by atoms with Gasteiger partial charge in [0.25, 0.3) is 23.6 Å². The Balaban J connectivity index is 0.803. The summed E-state index contributed by atoms with van der Waals surface area (Å²) in [6.45, 7) is 2.13. The number of imide groups is 2. The van der Waals surface area contributed by atoms with Crippen LogP contribution in [0.5, 0.6) is 11.5 Å². The van der Waals surface area contributed by atoms with Crippen LogP contribution in [-0.4, -0.2) is 60.2 Å². The van der Waals surface area contributed by atoms with Crippen LogP contribution in [0.25, 0.3) is 0 Å². The van der Waals surface area contributed by atoms with Gasteiger partial charge >= 0.3 is 0 Å². The Labute approximate surface area is 345 Å². The van der Waals surface area contributed by atoms with Gasteiger partial charge in [0.05, 0.1) is 55.8 Å². The Hall–Kier alpha value is -3.08. The number of carbonyl (C=O) groups is 4. The van der Waals surface area contributed by atoms with E-state index in [1.54, 1.807) is 48.5 Å². The third-order valence-corrected chi connectivity index (χ3v) is 11.2. The number of rotatable bonds is 26. The minimum Gasteiger partial charge on any atom is -0.492 e. The lowest BCUT2D eigenvalue weighted by molar-refractivity contribution is -0.0925. The van der Waals surface area contributed by atoms with Crippen molar-refractivity contribution in [1.29, 1.82) is 0 Å². The topological polar surface area (TPSA) is 112 Å². The minimum atomic E-state index is -0.374. The maximum absolute atomic E-state index is 12.3. The molecule has 5 rings (SSSR count). The van der Waals surface area contributed by atoms with E-state index in [9.17, 15) is 19.2 Å². The van der Waals surface area contributed by atoms with Gasteiger partial charge in [-0.15, -0.1) is 10.1 Å². The zero-order valence-electron chi connectivity index (χ0n) is 30.8. The van der Waals surface area contributed by atoms with Crippen LogP contribution in [0.15, 0.2) is 60.7 Å². The van der Waals surface area contributed by atoms with Crippen molar-refractivity contribution in [2.45, 2.75) is 103 Å². The van der Waals surface area contributed by atoms with Crippen LogP contribution in [0, 0.1) is 7.14 Å². The number of unbranched alkanes of at least 4 members (excludes halogenated alkanes) is 14. The molecule has 4 amide bonds. The Morgan fingerprint density at radius 3 is 0.944 bits per heavy atom. The summed E-state index contributed by atoms with van der Waals surface area (Å²) in [6.07, 6.45) is 17.2. The van der Waals surface area contributed by atoms with E-state index in [0.29, 0.717) is 48.7 Å². The molecule has 2 heterocycles. The molecular formula is C42H50I2N2O8. The van der Waals surface area contributed by atoms with Crippen LogP contribution >= 0.6 is 45.2 Å². The molecule has 10 nitrogen and oxygen atoms in total. The van der Waals surface area contributed by atoms with Crippen molar-refractivity contribution in [2.75, 3.05) is 26.4 Å². The molecule has 2 aliphatic rings. The van der Waals surface area contributed by atoms with Gasteiger partial charge in [0.2, 0.25) is 0 Å². The van der Waals surface area contributed by atoms with Crippen LogP contribution in [-0.2, 0) is 9.68 Å². The van der Waals surface area contributed by atoms with E-state index in [0.717, 1.165) is 106 Å². The summed E-state index contributed by atoms with van der Waals surface area (Å²) in [4.78, 5) is 60.4. The van der Waals surface area contributed by atoms with Crippen LogP contribution < -0.4 is 9.47 Å². The number of ether oxygens (including phenoxy) is 2. The standard InChI is InChI=1S/C42H50I2N2O8/c43-35-30-38(52-26-18-10-6-2-4-8-12-20-28-54-46-41(49)33-23-15-16-24-34(33)42(46)50)36(44)29-37(35)51-25-17-9-5-1-3-7-11-19-27-53-45-39(47)31-21-13-14-22-32(31)40(45)48/h13-16,21-24,29-30H,1-12,17-20,25-28H2. The quantitative estimate of drug-likeness (QED) is 0.0444. The van der Waals surface area contributed by atoms with Gasteiger partial charge in [0, 0.05) is 0 Å². The molecule has 0 saturated carbocycles. The maximum atomic E-state index is 12.3. The molecule has 2 aliphatic heterocycles. The molecule has 12 heteroatoms. The predicted molar refractivity (Wildman–Crippen MR) is 223 cm³/mol. The van der Waals surface area contributed by atoms with Crippen molar-refractivity contribution < 1.29 is 38.3 Å². The summed E-state index contributed by atoms with van der Waals surface area (Å²) in [5.74, 6) is 0.319. The number of hydroxylamine groups is 4. The van der Waals surface area contributed by atoms with Gasteiger partial charge in [-0.1, -0.05) is 101 Å². The lowest BCUT2D eigenvalue weighted by atomic mass is 10.1. The van der Waals surface area contributed by atoms with Gasteiger partial charge in [0.1, 0.15) is 11.5 Å². The fraction of sp³-hybridized carbons (Fsp3) is 0.476. The highest BCUT2D eigenvalue weighted by Gasteiger charge is 2.37. The molecule has 0 N–H and O–H groups in total. The van der Waals surface area contributed by atoms with Gasteiger partial charge < -0.3 is 9.47 Å². The first-order valence-electron chi connectivity index (χ1n) is 19.3. The number of fused-ring (bicyclic) bond motifs is 2. The molecule has 0 fully saturated rings. The summed E-state index contributed by atoms with van der Waals surface area (Å²) in [5, 5.41) is 1.81. The van der Waals surface area contributed by atoms with Crippen molar-refractivity contribution in [2.24, 2.45) is 0 Å². The number of hydrogen-bond donors (Lipinski definition) is 0. The number of hydrogen-bond acceptors (Lipinski definition) is 8. The molecule has 0 spiro atoms. The van der Waals surface area contributed by atoms with E-state index < -0.39 is 0 Å². The molecule has 3 aromatic carbocycles. The van der Waals surface area contributed by atoms with Crippen molar-refractivity contribution in [3.63, 3.8) is 0 Å². The normalized spacial score (nSPS) is 13.6. The highest BCUT2D eigenvalue weighted by molar-refractivity contribution is 14.1. The van der Waals surface area contributed by atoms with Crippen molar-refractivity contribution >= 4 is 68.8 Å². The minimum absolute atomic E-state index is 0.364. The Morgan fingerprint density at radius 2 is 0.648 bits per heavy atom. The summed E-state index contributed by atoms with van der Waals surface area (Å²) in [7, 11) is 0. The average molecular weight is 965 g/mol. The molecule has 0 atom stereocenters. The average Bonchev–Trinajstić information content (AvgIpc) is 3.57. The van der Waals surface area contributed by atoms with E-state index in [1.807, 2.05) is 0 Å². The first-order valence-corrected chi connectivity index (χ1v) is 21.5. The van der Waals surface area contributed by atoms with Crippen molar-refractivity contribution in [3.8, 4) is 11.5 Å². The monoisotopic (exact) mass is 964 g/mol. The zero-order valence-corrected chi connectivity index (χ0v) is 35.1. The molecule has 0 aliphatic carbocycles. The molecule has 0 bridgehead atoms. The van der Waals surface area contributed by atoms with Gasteiger partial charge in [-0.25, -0.2) is 0 Å². The van der Waals surface area contributed by atoms with Crippen LogP contribution in [0.1, 0.15) is 144 Å². The highest BCUT2D eigenvalue weighted by atomic mass is 127. The van der Waals surface area contributed by atoms with E-state index in [2.05, 4.69) is 57.3 Å². The Bertz CT molecular complexity index is 1540. The van der Waals surface area contributed by atoms with E-state index in [1.165, 1.54) is 25.7 Å². The fourth-order valence-corrected chi connectivity index (χ4v) is 7.69. The SMILES string of the molecule is O=C1c2ccccc2C(=O)N1OCCCCCCCCCCOc1cc(I)c(OCCCCCCCCCCON2C(=O)c3ccccc3C2=O)cc1I. The van der Waals surface area contributed by atoms with Crippen molar-refractivity contribution in [3.05, 3.63) is 90.1 Å². The molecule has 0 unspecified atom stereocenters. The number of halogens is 2. The number of benzene rings is 3. The highest BCUT2D eigenvalue weighted by Crippen LogP contribution is 2.32. The van der Waals surface area contributed by atoms with Crippen LogP contribution in [0.2, 0.25) is 0 Å². The first-order chi connectivity index (χ1) is 26.4. The third-order valence-electron chi connectivity index (χ3n) is 9.53. The van der Waals surface area contributed by atoms with Crippen LogP contribution in [0.3, 0.4) is 0 Å². The first kappa shape index (κ1) is 42.1. The molecule has 290 valence electrons. The molecule has 54 heavy (non-hydrogen) atoms. The van der Waals surface area contributed by atoms with E-state index in [-0.39, 0.29) is 23.6 Å². The van der Waals surface area contributed by atoms with Crippen molar-refractivity contribution in [1.82, 2.24) is 10.1 Å². The summed E-state index contributed by atoms with van der Waals surface area (Å²) in [5.41, 5.74) is 1.64.